The number of rotatable bonds is 13. The molecule has 8 heterocycles. The van der Waals surface area contributed by atoms with E-state index in [0.29, 0.717) is 88.1 Å². The molecule has 16 heteroatoms. The van der Waals surface area contributed by atoms with Crippen molar-refractivity contribution >= 4 is 56.4 Å². The molecule has 2 amide bonds. The van der Waals surface area contributed by atoms with Crippen molar-refractivity contribution < 1.29 is 14.3 Å². The second kappa shape index (κ2) is 20.7. The molecule has 10 rings (SSSR count). The highest BCUT2D eigenvalue weighted by molar-refractivity contribution is 5.99. The van der Waals surface area contributed by atoms with Crippen molar-refractivity contribution in [1.82, 2.24) is 39.3 Å². The number of benzene rings is 2. The number of piperidine rings is 2. The minimum Gasteiger partial charge on any atom is -0.495 e. The quantitative estimate of drug-likeness (QED) is 0.0859. The predicted octanol–water partition coefficient (Wildman–Crippen LogP) is 10.3. The zero-order chi connectivity index (χ0) is 49.9. The molecule has 0 unspecified atom stereocenters. The van der Waals surface area contributed by atoms with E-state index < -0.39 is 0 Å². The van der Waals surface area contributed by atoms with Crippen molar-refractivity contribution in [1.29, 1.82) is 0 Å². The Morgan fingerprint density at radius 3 is 1.74 bits per heavy atom. The van der Waals surface area contributed by atoms with Gasteiger partial charge < -0.3 is 34.9 Å². The largest absolute Gasteiger partial charge is 0.495 e. The van der Waals surface area contributed by atoms with Crippen molar-refractivity contribution in [2.24, 2.45) is 0 Å². The van der Waals surface area contributed by atoms with Gasteiger partial charge in [-0.25, -0.2) is 14.8 Å². The topological polar surface area (TPSA) is 185 Å². The van der Waals surface area contributed by atoms with Crippen LogP contribution in [0.1, 0.15) is 69.4 Å². The zero-order valence-electron chi connectivity index (χ0n) is 41.2. The summed E-state index contributed by atoms with van der Waals surface area (Å²) in [5.74, 6) is 3.16. The van der Waals surface area contributed by atoms with Crippen LogP contribution in [-0.4, -0.2) is 91.8 Å². The van der Waals surface area contributed by atoms with E-state index in [0.717, 1.165) is 72.2 Å². The first-order chi connectivity index (χ1) is 35.0. The van der Waals surface area contributed by atoms with Crippen LogP contribution in [0.4, 0.5) is 33.6 Å². The van der Waals surface area contributed by atoms with E-state index in [1.165, 1.54) is 5.56 Å². The summed E-state index contributed by atoms with van der Waals surface area (Å²) in [7, 11) is 3.18. The number of ether oxygens (including phenoxy) is 2. The fraction of sp³-hybridized carbons (Fsp3) is 0.304. The average molecular weight is 966 g/mol. The van der Waals surface area contributed by atoms with Crippen molar-refractivity contribution in [2.75, 3.05) is 56.3 Å². The Balaban J connectivity index is 0.851. The number of aromatic nitrogens is 6. The lowest BCUT2D eigenvalue weighted by atomic mass is 9.89. The molecule has 2 fully saturated rings. The summed E-state index contributed by atoms with van der Waals surface area (Å²) < 4.78 is 12.5. The van der Waals surface area contributed by atoms with Gasteiger partial charge >= 0.3 is 6.03 Å². The second-order valence-corrected chi connectivity index (χ2v) is 18.8. The van der Waals surface area contributed by atoms with Gasteiger partial charge in [-0.3, -0.25) is 29.4 Å². The number of likely N-dealkylation sites (tertiary alicyclic amines) is 2. The van der Waals surface area contributed by atoms with Crippen molar-refractivity contribution in [3.05, 3.63) is 148 Å². The maximum atomic E-state index is 14.6. The monoisotopic (exact) mass is 965 g/mol. The van der Waals surface area contributed by atoms with Gasteiger partial charge in [0.05, 0.1) is 48.8 Å². The van der Waals surface area contributed by atoms with Gasteiger partial charge in [-0.2, -0.15) is 0 Å². The van der Waals surface area contributed by atoms with Gasteiger partial charge in [-0.05, 0) is 154 Å². The normalized spacial score (nSPS) is 14.7. The van der Waals surface area contributed by atoms with Crippen LogP contribution in [0.5, 0.6) is 11.5 Å². The average Bonchev–Trinajstić information content (AvgIpc) is 3.41. The fourth-order valence-electron chi connectivity index (χ4n) is 10.1. The predicted molar refractivity (Wildman–Crippen MR) is 284 cm³/mol. The third-order valence-electron chi connectivity index (χ3n) is 14.2. The molecule has 2 aliphatic rings. The molecule has 72 heavy (non-hydrogen) atoms. The summed E-state index contributed by atoms with van der Waals surface area (Å²) >= 11 is 0. The maximum absolute atomic E-state index is 14.6. The van der Waals surface area contributed by atoms with Crippen LogP contribution < -0.4 is 36.5 Å². The molecule has 0 spiro atoms. The molecule has 6 aromatic heterocycles. The highest BCUT2D eigenvalue weighted by atomic mass is 16.5. The smallest absolute Gasteiger partial charge is 0.322 e. The van der Waals surface area contributed by atoms with Crippen LogP contribution in [0, 0.1) is 0 Å². The summed E-state index contributed by atoms with van der Waals surface area (Å²) in [6.45, 7) is 9.99. The van der Waals surface area contributed by atoms with E-state index in [9.17, 15) is 14.4 Å². The lowest BCUT2D eigenvalue weighted by Gasteiger charge is -2.34. The molecule has 0 bridgehead atoms. The maximum Gasteiger partial charge on any atom is 0.322 e. The molecule has 0 radical (unpaired) electrons. The van der Waals surface area contributed by atoms with Crippen LogP contribution in [0.2, 0.25) is 0 Å². The Morgan fingerprint density at radius 2 is 1.21 bits per heavy atom. The van der Waals surface area contributed by atoms with Crippen LogP contribution in [0.25, 0.3) is 44.1 Å². The number of pyridine rings is 6. The number of H-pyrrole nitrogens is 1. The van der Waals surface area contributed by atoms with Gasteiger partial charge in [-0.1, -0.05) is 24.3 Å². The van der Waals surface area contributed by atoms with Gasteiger partial charge in [-0.15, -0.1) is 0 Å². The molecule has 16 nitrogen and oxygen atoms in total. The molecule has 368 valence electrons. The van der Waals surface area contributed by atoms with Crippen LogP contribution >= 0.6 is 0 Å². The lowest BCUT2D eigenvalue weighted by Crippen LogP contribution is -2.41. The first kappa shape index (κ1) is 47.6. The lowest BCUT2D eigenvalue weighted by molar-refractivity contribution is 0.172. The minimum absolute atomic E-state index is 0.227. The number of nitrogens with one attached hydrogen (secondary N) is 4. The Hall–Kier alpha value is -8.11. The Bertz CT molecular complexity index is 3380. The summed E-state index contributed by atoms with van der Waals surface area (Å²) in [5, 5.41) is 12.2. The molecule has 4 N–H and O–H groups in total. The van der Waals surface area contributed by atoms with Gasteiger partial charge in [0.25, 0.3) is 11.1 Å². The van der Waals surface area contributed by atoms with Crippen molar-refractivity contribution in [3.8, 4) is 34.0 Å². The number of hydrogen-bond acceptors (Lipinski definition) is 12. The van der Waals surface area contributed by atoms with Crippen molar-refractivity contribution in [3.63, 3.8) is 0 Å². The minimum atomic E-state index is -0.268. The Morgan fingerprint density at radius 1 is 0.681 bits per heavy atom. The number of aromatic amines is 1. The molecule has 2 aromatic carbocycles. The molecule has 2 aliphatic heterocycles. The molecule has 0 atom stereocenters. The summed E-state index contributed by atoms with van der Waals surface area (Å²) in [4.78, 5) is 67.4. The van der Waals surface area contributed by atoms with Gasteiger partial charge in [0.15, 0.2) is 0 Å². The Labute approximate surface area is 417 Å². The molecule has 2 saturated heterocycles. The van der Waals surface area contributed by atoms with E-state index in [-0.39, 0.29) is 23.1 Å². The highest BCUT2D eigenvalue weighted by Gasteiger charge is 2.26. The molecule has 0 saturated carbocycles. The fourth-order valence-corrected chi connectivity index (χ4v) is 10.1. The number of methoxy groups -OCH3 is 2. The second-order valence-electron chi connectivity index (χ2n) is 18.8. The van der Waals surface area contributed by atoms with E-state index in [1.807, 2.05) is 60.4 Å². The SMILES string of the molecule is CCn1c(NC(=O)N2CCC(c3ccc(Nc4nc(-c5cncc(OC)c5)cc5cc[nH]c(=O)c45)cc3)CC2)cc2cc(-c3cncc(OC)c3)nc(Nc3ccc(C4CCN(C(C)C)CC4)cc3)c2c1=O. The first-order valence-electron chi connectivity index (χ1n) is 24.7. The molecular formula is C56H59N11O5. The summed E-state index contributed by atoms with van der Waals surface area (Å²) in [6, 6.07) is 28.1. The van der Waals surface area contributed by atoms with Gasteiger partial charge in [0.2, 0.25) is 0 Å². The van der Waals surface area contributed by atoms with E-state index in [2.05, 4.69) is 86.0 Å². The standard InChI is InChI=1S/C56H59N11O5/c1-6-67-49(29-40-28-48(42-26-46(72-5)33-58-31-42)63-53(51(40)55(67)69)61-44-13-9-35(10-14-44)37-16-21-65(22-17-37)34(2)3)64-56(70)66-23-18-38(19-24-66)36-7-11-43(12-8-36)60-52-50-39(15-20-59-54(50)68)27-47(62-52)41-25-45(71-4)32-57-30-41/h7-15,20,25-34,37-38H,6,16-19,21-24H2,1-5H3,(H,59,68)(H,60,62)(H,61,63)(H,64,70). The molecule has 0 aliphatic carbocycles. The number of hydrogen-bond donors (Lipinski definition) is 4. The summed E-state index contributed by atoms with van der Waals surface area (Å²) in [6.07, 6.45) is 12.1. The molecule has 8 aromatic rings. The highest BCUT2D eigenvalue weighted by Crippen LogP contribution is 2.35. The third kappa shape index (κ3) is 9.95. The number of carbonyl (C=O) groups is 1. The Kier molecular flexibility index (Phi) is 13.7. The third-order valence-corrected chi connectivity index (χ3v) is 14.2. The first-order valence-corrected chi connectivity index (χ1v) is 24.7. The number of anilines is 5. The van der Waals surface area contributed by atoms with Crippen molar-refractivity contribution in [2.45, 2.75) is 70.9 Å². The number of fused-ring (bicyclic) bond motifs is 2. The zero-order valence-corrected chi connectivity index (χ0v) is 41.2. The number of nitrogens with zero attached hydrogens (tertiary/aromatic N) is 7. The van der Waals surface area contributed by atoms with Crippen LogP contribution in [0.3, 0.4) is 0 Å². The van der Waals surface area contributed by atoms with Crippen LogP contribution in [-0.2, 0) is 6.54 Å². The summed E-state index contributed by atoms with van der Waals surface area (Å²) in [5.41, 5.74) is 6.27. The number of amides is 2. The van der Waals surface area contributed by atoms with E-state index in [4.69, 9.17) is 19.4 Å². The van der Waals surface area contributed by atoms with E-state index >= 15 is 0 Å². The van der Waals surface area contributed by atoms with Gasteiger partial charge in [0.1, 0.15) is 29.0 Å². The van der Waals surface area contributed by atoms with E-state index in [1.54, 1.807) is 49.8 Å². The van der Waals surface area contributed by atoms with Crippen LogP contribution in [0.15, 0.2) is 126 Å². The molecular weight excluding hydrogens is 907 g/mol. The number of urea groups is 1. The van der Waals surface area contributed by atoms with Gasteiger partial charge in [0, 0.05) is 66.8 Å². The number of carbonyl (C=O) groups excluding carboxylic acids is 1.